The van der Waals surface area contributed by atoms with Gasteiger partial charge in [-0.2, -0.15) is 0 Å². The van der Waals surface area contributed by atoms with E-state index in [-0.39, 0.29) is 5.92 Å². The Kier molecular flexibility index (Phi) is 3.38. The SMILES string of the molecule is CC(C(=O)O)(c1cncnc1)C1CCNCC1. The number of hydrogen-bond acceptors (Lipinski definition) is 4. The number of hydrogen-bond donors (Lipinski definition) is 2. The number of nitrogens with zero attached hydrogens (tertiary/aromatic N) is 2. The number of carboxylic acid groups (broad SMARTS) is 1. The molecule has 0 aromatic carbocycles. The van der Waals surface area contributed by atoms with E-state index < -0.39 is 11.4 Å². The van der Waals surface area contributed by atoms with Crippen molar-refractivity contribution in [2.75, 3.05) is 13.1 Å². The second-order valence-electron chi connectivity index (χ2n) is 4.66. The van der Waals surface area contributed by atoms with E-state index in [4.69, 9.17) is 0 Å². The van der Waals surface area contributed by atoms with E-state index in [9.17, 15) is 9.90 Å². The highest BCUT2D eigenvalue weighted by molar-refractivity contribution is 5.81. The molecule has 2 N–H and O–H groups in total. The van der Waals surface area contributed by atoms with Gasteiger partial charge in [0.1, 0.15) is 6.33 Å². The Bertz CT molecular complexity index is 390. The molecule has 1 atom stereocenters. The van der Waals surface area contributed by atoms with E-state index in [1.807, 2.05) is 0 Å². The highest BCUT2D eigenvalue weighted by atomic mass is 16.4. The fraction of sp³-hybridized carbons (Fsp3) is 0.583. The van der Waals surface area contributed by atoms with E-state index >= 15 is 0 Å². The van der Waals surface area contributed by atoms with Crippen molar-refractivity contribution in [3.8, 4) is 0 Å². The molecule has 5 heteroatoms. The molecule has 1 aliphatic heterocycles. The molecule has 1 saturated heterocycles. The Morgan fingerprint density at radius 3 is 2.53 bits per heavy atom. The molecule has 1 aromatic heterocycles. The van der Waals surface area contributed by atoms with Gasteiger partial charge in [0, 0.05) is 18.0 Å². The zero-order valence-electron chi connectivity index (χ0n) is 9.89. The third-order valence-corrected chi connectivity index (χ3v) is 3.76. The summed E-state index contributed by atoms with van der Waals surface area (Å²) in [4.78, 5) is 19.5. The van der Waals surface area contributed by atoms with Crippen LogP contribution in [0.2, 0.25) is 0 Å². The van der Waals surface area contributed by atoms with Crippen molar-refractivity contribution in [1.29, 1.82) is 0 Å². The third kappa shape index (κ3) is 2.15. The van der Waals surface area contributed by atoms with Gasteiger partial charge in [-0.3, -0.25) is 4.79 Å². The predicted molar refractivity (Wildman–Crippen MR) is 62.6 cm³/mol. The molecule has 0 radical (unpaired) electrons. The van der Waals surface area contributed by atoms with E-state index in [0.717, 1.165) is 25.9 Å². The van der Waals surface area contributed by atoms with Gasteiger partial charge in [-0.1, -0.05) is 0 Å². The molecule has 1 aliphatic rings. The van der Waals surface area contributed by atoms with Crippen molar-refractivity contribution in [2.45, 2.75) is 25.2 Å². The molecular formula is C12H17N3O2. The summed E-state index contributed by atoms with van der Waals surface area (Å²) in [5.41, 5.74) is -0.192. The lowest BCUT2D eigenvalue weighted by Crippen LogP contribution is -2.45. The number of carbonyl (C=O) groups is 1. The fourth-order valence-electron chi connectivity index (χ4n) is 2.50. The first-order valence-electron chi connectivity index (χ1n) is 5.85. The topological polar surface area (TPSA) is 75.1 Å². The molecule has 1 unspecified atom stereocenters. The van der Waals surface area contributed by atoms with Crippen LogP contribution in [0.5, 0.6) is 0 Å². The Morgan fingerprint density at radius 1 is 1.41 bits per heavy atom. The minimum Gasteiger partial charge on any atom is -0.481 e. The van der Waals surface area contributed by atoms with Gasteiger partial charge < -0.3 is 10.4 Å². The quantitative estimate of drug-likeness (QED) is 0.811. The summed E-state index contributed by atoms with van der Waals surface area (Å²) in [5.74, 6) is -0.661. The van der Waals surface area contributed by atoms with E-state index in [0.29, 0.717) is 5.56 Å². The molecule has 0 aliphatic carbocycles. The average molecular weight is 235 g/mol. The molecule has 2 rings (SSSR count). The third-order valence-electron chi connectivity index (χ3n) is 3.76. The van der Waals surface area contributed by atoms with Gasteiger partial charge in [-0.15, -0.1) is 0 Å². The number of aromatic nitrogens is 2. The summed E-state index contributed by atoms with van der Waals surface area (Å²) >= 11 is 0. The Morgan fingerprint density at radius 2 is 2.00 bits per heavy atom. The van der Waals surface area contributed by atoms with E-state index in [1.165, 1.54) is 6.33 Å². The number of piperidine rings is 1. The van der Waals surface area contributed by atoms with Gasteiger partial charge in [0.05, 0.1) is 5.41 Å². The van der Waals surface area contributed by atoms with Crippen LogP contribution in [-0.2, 0) is 10.2 Å². The van der Waals surface area contributed by atoms with Crippen LogP contribution >= 0.6 is 0 Å². The number of carboxylic acids is 1. The first kappa shape index (κ1) is 12.0. The summed E-state index contributed by atoms with van der Waals surface area (Å²) in [6.07, 6.45) is 6.40. The molecule has 17 heavy (non-hydrogen) atoms. The maximum Gasteiger partial charge on any atom is 0.314 e. The normalized spacial score (nSPS) is 20.8. The zero-order valence-corrected chi connectivity index (χ0v) is 9.89. The summed E-state index contributed by atoms with van der Waals surface area (Å²) < 4.78 is 0. The van der Waals surface area contributed by atoms with Crippen molar-refractivity contribution in [3.63, 3.8) is 0 Å². The van der Waals surface area contributed by atoms with Crippen LogP contribution in [0.25, 0.3) is 0 Å². The molecule has 5 nitrogen and oxygen atoms in total. The molecule has 0 amide bonds. The highest BCUT2D eigenvalue weighted by Crippen LogP contribution is 2.36. The number of aliphatic carboxylic acids is 1. The first-order valence-corrected chi connectivity index (χ1v) is 5.85. The van der Waals surface area contributed by atoms with Crippen LogP contribution in [0.15, 0.2) is 18.7 Å². The van der Waals surface area contributed by atoms with Crippen LogP contribution in [0.4, 0.5) is 0 Å². The molecule has 92 valence electrons. The fourth-order valence-corrected chi connectivity index (χ4v) is 2.50. The van der Waals surface area contributed by atoms with Crippen molar-refractivity contribution in [1.82, 2.24) is 15.3 Å². The van der Waals surface area contributed by atoms with Crippen molar-refractivity contribution < 1.29 is 9.90 Å². The van der Waals surface area contributed by atoms with Crippen molar-refractivity contribution >= 4 is 5.97 Å². The minimum atomic E-state index is -0.886. The highest BCUT2D eigenvalue weighted by Gasteiger charge is 2.43. The largest absolute Gasteiger partial charge is 0.481 e. The second kappa shape index (κ2) is 4.79. The Hall–Kier alpha value is -1.49. The average Bonchev–Trinajstić information content (AvgIpc) is 2.39. The lowest BCUT2D eigenvalue weighted by molar-refractivity contribution is -0.146. The van der Waals surface area contributed by atoms with E-state index in [1.54, 1.807) is 19.3 Å². The van der Waals surface area contributed by atoms with Crippen LogP contribution in [0.1, 0.15) is 25.3 Å². The molecule has 1 aromatic rings. The summed E-state index contributed by atoms with van der Waals surface area (Å²) in [7, 11) is 0. The molecule has 2 heterocycles. The first-order chi connectivity index (χ1) is 8.15. The van der Waals surface area contributed by atoms with Gasteiger partial charge in [-0.05, 0) is 38.8 Å². The molecular weight excluding hydrogens is 218 g/mol. The summed E-state index contributed by atoms with van der Waals surface area (Å²) in [6, 6.07) is 0. The summed E-state index contributed by atoms with van der Waals surface area (Å²) in [5, 5.41) is 12.8. The van der Waals surface area contributed by atoms with Crippen molar-refractivity contribution in [2.24, 2.45) is 5.92 Å². The van der Waals surface area contributed by atoms with Crippen LogP contribution in [-0.4, -0.2) is 34.1 Å². The maximum atomic E-state index is 11.6. The van der Waals surface area contributed by atoms with Gasteiger partial charge >= 0.3 is 5.97 Å². The Balaban J connectivity index is 2.35. The molecule has 1 fully saturated rings. The second-order valence-corrected chi connectivity index (χ2v) is 4.66. The molecule has 0 spiro atoms. The Labute approximate surface area is 100 Å². The van der Waals surface area contributed by atoms with Crippen LogP contribution in [0.3, 0.4) is 0 Å². The number of nitrogens with one attached hydrogen (secondary N) is 1. The number of rotatable bonds is 3. The van der Waals surface area contributed by atoms with Gasteiger partial charge in [-0.25, -0.2) is 9.97 Å². The predicted octanol–water partition coefficient (Wildman–Crippen LogP) is 0.819. The van der Waals surface area contributed by atoms with Gasteiger partial charge in [0.2, 0.25) is 0 Å². The zero-order chi connectivity index (χ0) is 12.3. The van der Waals surface area contributed by atoms with Gasteiger partial charge in [0.15, 0.2) is 0 Å². The lowest BCUT2D eigenvalue weighted by atomic mass is 9.69. The van der Waals surface area contributed by atoms with E-state index in [2.05, 4.69) is 15.3 Å². The minimum absolute atomic E-state index is 0.132. The smallest absolute Gasteiger partial charge is 0.314 e. The lowest BCUT2D eigenvalue weighted by Gasteiger charge is -2.36. The molecule has 0 bridgehead atoms. The van der Waals surface area contributed by atoms with Crippen LogP contribution in [0, 0.1) is 5.92 Å². The standard InChI is InChI=1S/C12H17N3O2/c1-12(11(16)17,9-2-4-13-5-3-9)10-6-14-8-15-7-10/h6-9,13H,2-5H2,1H3,(H,16,17). The molecule has 0 saturated carbocycles. The van der Waals surface area contributed by atoms with Crippen molar-refractivity contribution in [3.05, 3.63) is 24.3 Å². The maximum absolute atomic E-state index is 11.6. The van der Waals surface area contributed by atoms with Gasteiger partial charge in [0.25, 0.3) is 0 Å². The summed E-state index contributed by atoms with van der Waals surface area (Å²) in [6.45, 7) is 3.53. The van der Waals surface area contributed by atoms with Crippen LogP contribution < -0.4 is 5.32 Å². The monoisotopic (exact) mass is 235 g/mol.